The van der Waals surface area contributed by atoms with Gasteiger partial charge in [0.15, 0.2) is 0 Å². The summed E-state index contributed by atoms with van der Waals surface area (Å²) in [6.45, 7) is 3.53. The number of anilines is 2. The lowest BCUT2D eigenvalue weighted by Gasteiger charge is -2.16. The quantitative estimate of drug-likeness (QED) is 0.715. The molecule has 6 nitrogen and oxygen atoms in total. The number of carbonyl (C=O) groups excluding carboxylic acids is 1. The maximum absolute atomic E-state index is 12.7. The molecule has 0 unspecified atom stereocenters. The Morgan fingerprint density at radius 1 is 1.14 bits per heavy atom. The lowest BCUT2D eigenvalue weighted by Crippen LogP contribution is -2.27. The number of carbonyl (C=O) groups is 1. The Kier molecular flexibility index (Phi) is 4.63. The topological polar surface area (TPSA) is 71.4 Å². The summed E-state index contributed by atoms with van der Waals surface area (Å²) in [6.07, 6.45) is 4.94. The van der Waals surface area contributed by atoms with Crippen LogP contribution in [0.5, 0.6) is 0 Å². The van der Waals surface area contributed by atoms with Crippen LogP contribution in [0.25, 0.3) is 10.9 Å². The molecule has 1 aliphatic rings. The van der Waals surface area contributed by atoms with Crippen molar-refractivity contribution in [3.8, 4) is 0 Å². The Labute approximate surface area is 164 Å². The Hall–Kier alpha value is -2.80. The van der Waals surface area contributed by atoms with E-state index in [1.165, 1.54) is 10.6 Å². The molecule has 1 aromatic heterocycles. The Morgan fingerprint density at radius 3 is 2.71 bits per heavy atom. The Bertz CT molecular complexity index is 1160. The molecule has 2 heterocycles. The molecule has 0 atom stereocenters. The molecule has 4 rings (SSSR count). The van der Waals surface area contributed by atoms with E-state index >= 15 is 0 Å². The van der Waals surface area contributed by atoms with E-state index in [0.717, 1.165) is 35.1 Å². The van der Waals surface area contributed by atoms with Gasteiger partial charge in [0.25, 0.3) is 5.91 Å². The number of aryl methyl sites for hydroxylation is 1. The number of amides is 1. The zero-order valence-electron chi connectivity index (χ0n) is 16.0. The SMILES string of the molecule is CCCn1ccc2cc(NC(=O)c3ccc4c(c3)CCN4S(C)(=O)=O)ccc21. The lowest BCUT2D eigenvalue weighted by molar-refractivity contribution is 0.102. The summed E-state index contributed by atoms with van der Waals surface area (Å²) in [5.41, 5.74) is 3.96. The highest BCUT2D eigenvalue weighted by Crippen LogP contribution is 2.31. The van der Waals surface area contributed by atoms with Gasteiger partial charge in [0.1, 0.15) is 0 Å². The van der Waals surface area contributed by atoms with Gasteiger partial charge in [-0.25, -0.2) is 8.42 Å². The Morgan fingerprint density at radius 2 is 1.96 bits per heavy atom. The maximum atomic E-state index is 12.7. The molecule has 7 heteroatoms. The van der Waals surface area contributed by atoms with E-state index in [1.807, 2.05) is 18.2 Å². The van der Waals surface area contributed by atoms with Crippen molar-refractivity contribution in [2.75, 3.05) is 22.4 Å². The summed E-state index contributed by atoms with van der Waals surface area (Å²) in [5, 5.41) is 4.03. The van der Waals surface area contributed by atoms with Crippen LogP contribution in [0.4, 0.5) is 11.4 Å². The molecule has 1 N–H and O–H groups in total. The van der Waals surface area contributed by atoms with Gasteiger partial charge >= 0.3 is 0 Å². The fourth-order valence-electron chi connectivity index (χ4n) is 3.77. The van der Waals surface area contributed by atoms with Gasteiger partial charge in [-0.1, -0.05) is 6.92 Å². The number of aromatic nitrogens is 1. The van der Waals surface area contributed by atoms with Crippen molar-refractivity contribution in [2.24, 2.45) is 0 Å². The number of hydrogen-bond donors (Lipinski definition) is 1. The first kappa shape index (κ1) is 18.6. The number of benzene rings is 2. The second-order valence-electron chi connectivity index (χ2n) is 7.17. The second kappa shape index (κ2) is 6.98. The summed E-state index contributed by atoms with van der Waals surface area (Å²) in [5.74, 6) is -0.201. The zero-order valence-corrected chi connectivity index (χ0v) is 16.8. The predicted octanol–water partition coefficient (Wildman–Crippen LogP) is 3.63. The molecule has 1 aliphatic heterocycles. The molecule has 0 bridgehead atoms. The number of nitrogens with zero attached hydrogens (tertiary/aromatic N) is 2. The molecule has 0 fully saturated rings. The van der Waals surface area contributed by atoms with E-state index in [0.29, 0.717) is 24.2 Å². The van der Waals surface area contributed by atoms with Crippen molar-refractivity contribution < 1.29 is 13.2 Å². The highest BCUT2D eigenvalue weighted by molar-refractivity contribution is 7.92. The molecule has 0 radical (unpaired) electrons. The van der Waals surface area contributed by atoms with Gasteiger partial charge < -0.3 is 9.88 Å². The second-order valence-corrected chi connectivity index (χ2v) is 9.07. The highest BCUT2D eigenvalue weighted by atomic mass is 32.2. The van der Waals surface area contributed by atoms with Crippen molar-refractivity contribution >= 4 is 38.2 Å². The molecular formula is C21H23N3O3S. The minimum absolute atomic E-state index is 0.201. The first-order chi connectivity index (χ1) is 13.4. The molecule has 146 valence electrons. The molecule has 0 saturated carbocycles. The van der Waals surface area contributed by atoms with E-state index in [9.17, 15) is 13.2 Å². The van der Waals surface area contributed by atoms with Crippen molar-refractivity contribution in [2.45, 2.75) is 26.3 Å². The largest absolute Gasteiger partial charge is 0.347 e. The van der Waals surface area contributed by atoms with E-state index in [2.05, 4.69) is 29.1 Å². The van der Waals surface area contributed by atoms with Crippen LogP contribution < -0.4 is 9.62 Å². The summed E-state index contributed by atoms with van der Waals surface area (Å²) in [4.78, 5) is 12.7. The van der Waals surface area contributed by atoms with Crippen molar-refractivity contribution in [3.63, 3.8) is 0 Å². The lowest BCUT2D eigenvalue weighted by atomic mass is 10.1. The van der Waals surface area contributed by atoms with E-state index < -0.39 is 10.0 Å². The average molecular weight is 398 g/mol. The summed E-state index contributed by atoms with van der Waals surface area (Å²) in [7, 11) is -3.29. The van der Waals surface area contributed by atoms with Crippen LogP contribution in [-0.2, 0) is 23.0 Å². The monoisotopic (exact) mass is 397 g/mol. The van der Waals surface area contributed by atoms with Crippen molar-refractivity contribution in [3.05, 3.63) is 59.8 Å². The van der Waals surface area contributed by atoms with Gasteiger partial charge in [0.2, 0.25) is 10.0 Å². The number of nitrogens with one attached hydrogen (secondary N) is 1. The summed E-state index contributed by atoms with van der Waals surface area (Å²) in [6, 6.07) is 13.1. The van der Waals surface area contributed by atoms with Gasteiger partial charge in [0.05, 0.1) is 11.9 Å². The molecule has 0 saturated heterocycles. The normalized spacial score (nSPS) is 13.7. The molecular weight excluding hydrogens is 374 g/mol. The standard InChI is InChI=1S/C21H23N3O3S/c1-3-10-23-11-8-16-14-18(5-7-19(16)23)22-21(25)17-4-6-20-15(13-17)9-12-24(20)28(2,26)27/h4-8,11,13-14H,3,9-10,12H2,1-2H3,(H,22,25). The van der Waals surface area contributed by atoms with Crippen LogP contribution in [0, 0.1) is 0 Å². The highest BCUT2D eigenvalue weighted by Gasteiger charge is 2.26. The first-order valence-electron chi connectivity index (χ1n) is 9.37. The smallest absolute Gasteiger partial charge is 0.255 e. The molecule has 0 spiro atoms. The third-order valence-electron chi connectivity index (χ3n) is 5.09. The molecule has 0 aliphatic carbocycles. The van der Waals surface area contributed by atoms with Gasteiger partial charge in [-0.15, -0.1) is 0 Å². The average Bonchev–Trinajstić information content (AvgIpc) is 3.25. The molecule has 2 aromatic carbocycles. The van der Waals surface area contributed by atoms with Gasteiger partial charge in [-0.3, -0.25) is 9.10 Å². The summed E-state index contributed by atoms with van der Waals surface area (Å²) >= 11 is 0. The fraction of sp³-hybridized carbons (Fsp3) is 0.286. The maximum Gasteiger partial charge on any atom is 0.255 e. The third-order valence-corrected chi connectivity index (χ3v) is 6.27. The molecule has 3 aromatic rings. The van der Waals surface area contributed by atoms with E-state index in [-0.39, 0.29) is 5.91 Å². The predicted molar refractivity (Wildman–Crippen MR) is 113 cm³/mol. The number of fused-ring (bicyclic) bond motifs is 2. The van der Waals surface area contributed by atoms with Crippen LogP contribution in [0.15, 0.2) is 48.7 Å². The zero-order chi connectivity index (χ0) is 19.9. The minimum atomic E-state index is -3.29. The van der Waals surface area contributed by atoms with E-state index in [1.54, 1.807) is 18.2 Å². The fourth-order valence-corrected chi connectivity index (χ4v) is 4.73. The molecule has 1 amide bonds. The first-order valence-corrected chi connectivity index (χ1v) is 11.2. The Balaban J connectivity index is 1.55. The van der Waals surface area contributed by atoms with Gasteiger partial charge in [-0.2, -0.15) is 0 Å². The van der Waals surface area contributed by atoms with E-state index in [4.69, 9.17) is 0 Å². The minimum Gasteiger partial charge on any atom is -0.347 e. The number of hydrogen-bond acceptors (Lipinski definition) is 3. The molecule has 28 heavy (non-hydrogen) atoms. The van der Waals surface area contributed by atoms with Gasteiger partial charge in [-0.05, 0) is 60.9 Å². The summed E-state index contributed by atoms with van der Waals surface area (Å²) < 4.78 is 27.3. The van der Waals surface area contributed by atoms with Crippen molar-refractivity contribution in [1.29, 1.82) is 0 Å². The van der Waals surface area contributed by atoms with Crippen molar-refractivity contribution in [1.82, 2.24) is 4.57 Å². The van der Waals surface area contributed by atoms with Gasteiger partial charge in [0, 0.05) is 41.4 Å². The van der Waals surface area contributed by atoms with Crippen LogP contribution in [0.1, 0.15) is 29.3 Å². The van der Waals surface area contributed by atoms with Crippen LogP contribution in [0.2, 0.25) is 0 Å². The number of rotatable bonds is 5. The van der Waals surface area contributed by atoms with Crippen LogP contribution in [0.3, 0.4) is 0 Å². The van der Waals surface area contributed by atoms with Crippen LogP contribution >= 0.6 is 0 Å². The number of sulfonamides is 1. The van der Waals surface area contributed by atoms with Crippen LogP contribution in [-0.4, -0.2) is 31.7 Å². The third kappa shape index (κ3) is 3.38.